The molecule has 1 aromatic carbocycles. The van der Waals surface area contributed by atoms with Crippen molar-refractivity contribution in [2.45, 2.75) is 26.2 Å². The van der Waals surface area contributed by atoms with Crippen molar-refractivity contribution in [1.82, 2.24) is 15.2 Å². The van der Waals surface area contributed by atoms with Crippen molar-refractivity contribution in [2.24, 2.45) is 0 Å². The number of rotatable bonds is 1. The average Bonchev–Trinajstić information content (AvgIpc) is 2.92. The van der Waals surface area contributed by atoms with Crippen LogP contribution in [-0.4, -0.2) is 15.2 Å². The molecule has 4 heteroatoms. The van der Waals surface area contributed by atoms with Crippen LogP contribution in [0.1, 0.15) is 26.3 Å². The second kappa shape index (κ2) is 3.88. The molecule has 4 N–H and O–H groups in total. The number of nitrogens with two attached hydrogens (primary N) is 1. The number of nitrogens with one attached hydrogen (secondary N) is 2. The number of nitrogens with zero attached hydrogens (tertiary/aromatic N) is 1. The Morgan fingerprint density at radius 3 is 2.58 bits per heavy atom. The molecule has 0 saturated carbocycles. The van der Waals surface area contributed by atoms with E-state index in [9.17, 15) is 0 Å². The van der Waals surface area contributed by atoms with E-state index >= 15 is 0 Å². The minimum Gasteiger partial charge on any atom is -0.382 e. The molecule has 19 heavy (non-hydrogen) atoms. The van der Waals surface area contributed by atoms with Crippen LogP contribution < -0.4 is 5.73 Å². The maximum atomic E-state index is 5.68. The largest absolute Gasteiger partial charge is 0.382 e. The number of anilines is 1. The number of benzene rings is 1. The van der Waals surface area contributed by atoms with Gasteiger partial charge in [-0.25, -0.2) is 0 Å². The molecule has 2 heterocycles. The zero-order valence-corrected chi connectivity index (χ0v) is 11.4. The number of fused-ring (bicyclic) bond motifs is 1. The first-order valence-electron chi connectivity index (χ1n) is 6.38. The van der Waals surface area contributed by atoms with E-state index in [0.717, 1.165) is 16.8 Å². The molecule has 98 valence electrons. The fourth-order valence-electron chi connectivity index (χ4n) is 2.29. The molecule has 0 radical (unpaired) electrons. The zero-order valence-electron chi connectivity index (χ0n) is 11.4. The van der Waals surface area contributed by atoms with E-state index in [1.54, 1.807) is 0 Å². The predicted molar refractivity (Wildman–Crippen MR) is 79.0 cm³/mol. The van der Waals surface area contributed by atoms with Gasteiger partial charge >= 0.3 is 0 Å². The van der Waals surface area contributed by atoms with Crippen LogP contribution in [-0.2, 0) is 5.41 Å². The van der Waals surface area contributed by atoms with E-state index in [4.69, 9.17) is 5.73 Å². The average molecular weight is 254 g/mol. The third-order valence-corrected chi connectivity index (χ3v) is 3.44. The molecular formula is C15H18N4. The minimum absolute atomic E-state index is 0.135. The second-order valence-electron chi connectivity index (χ2n) is 5.92. The van der Waals surface area contributed by atoms with E-state index in [-0.39, 0.29) is 5.41 Å². The van der Waals surface area contributed by atoms with Gasteiger partial charge in [0, 0.05) is 28.7 Å². The zero-order chi connectivity index (χ0) is 13.6. The van der Waals surface area contributed by atoms with Gasteiger partial charge in [-0.1, -0.05) is 26.8 Å². The molecule has 0 spiro atoms. The maximum Gasteiger partial charge on any atom is 0.145 e. The SMILES string of the molecule is CC(C)(C)c1ccc2[nH]cc(-c3cc(N)n[nH]3)c2c1. The Balaban J connectivity index is 2.21. The monoisotopic (exact) mass is 254 g/mol. The van der Waals surface area contributed by atoms with Crippen molar-refractivity contribution in [3.05, 3.63) is 36.0 Å². The summed E-state index contributed by atoms with van der Waals surface area (Å²) in [6, 6.07) is 8.38. The highest BCUT2D eigenvalue weighted by atomic mass is 15.2. The van der Waals surface area contributed by atoms with E-state index < -0.39 is 0 Å². The fourth-order valence-corrected chi connectivity index (χ4v) is 2.29. The first kappa shape index (κ1) is 11.8. The highest BCUT2D eigenvalue weighted by Crippen LogP contribution is 2.32. The summed E-state index contributed by atoms with van der Waals surface area (Å²) in [6.07, 6.45) is 1.99. The molecule has 0 aliphatic rings. The molecule has 2 aromatic heterocycles. The lowest BCUT2D eigenvalue weighted by Crippen LogP contribution is -2.10. The summed E-state index contributed by atoms with van der Waals surface area (Å²) < 4.78 is 0. The number of aromatic amines is 2. The van der Waals surface area contributed by atoms with Gasteiger partial charge in [-0.05, 0) is 23.1 Å². The highest BCUT2D eigenvalue weighted by Gasteiger charge is 2.16. The summed E-state index contributed by atoms with van der Waals surface area (Å²) in [7, 11) is 0. The van der Waals surface area contributed by atoms with Crippen LogP contribution >= 0.6 is 0 Å². The maximum absolute atomic E-state index is 5.68. The minimum atomic E-state index is 0.135. The second-order valence-corrected chi connectivity index (χ2v) is 5.92. The van der Waals surface area contributed by atoms with Crippen LogP contribution in [0.5, 0.6) is 0 Å². The Hall–Kier alpha value is -2.23. The summed E-state index contributed by atoms with van der Waals surface area (Å²) in [5.41, 5.74) is 10.3. The van der Waals surface area contributed by atoms with Crippen LogP contribution in [0.15, 0.2) is 30.5 Å². The topological polar surface area (TPSA) is 70.5 Å². The van der Waals surface area contributed by atoms with E-state index in [1.807, 2.05) is 12.3 Å². The molecule has 0 atom stereocenters. The lowest BCUT2D eigenvalue weighted by atomic mass is 9.86. The van der Waals surface area contributed by atoms with Crippen molar-refractivity contribution in [3.63, 3.8) is 0 Å². The molecule has 3 rings (SSSR count). The predicted octanol–water partition coefficient (Wildman–Crippen LogP) is 3.44. The molecule has 0 aliphatic heterocycles. The van der Waals surface area contributed by atoms with E-state index in [0.29, 0.717) is 5.82 Å². The quantitative estimate of drug-likeness (QED) is 0.622. The summed E-state index contributed by atoms with van der Waals surface area (Å²) >= 11 is 0. The molecule has 4 nitrogen and oxygen atoms in total. The van der Waals surface area contributed by atoms with Gasteiger partial charge in [-0.15, -0.1) is 0 Å². The fraction of sp³-hybridized carbons (Fsp3) is 0.267. The van der Waals surface area contributed by atoms with Crippen molar-refractivity contribution >= 4 is 16.7 Å². The summed E-state index contributed by atoms with van der Waals surface area (Å²) in [4.78, 5) is 3.29. The smallest absolute Gasteiger partial charge is 0.145 e. The molecule has 0 unspecified atom stereocenters. The van der Waals surface area contributed by atoms with Gasteiger partial charge in [-0.3, -0.25) is 5.10 Å². The van der Waals surface area contributed by atoms with E-state index in [1.165, 1.54) is 10.9 Å². The van der Waals surface area contributed by atoms with Crippen LogP contribution in [0.25, 0.3) is 22.2 Å². The lowest BCUT2D eigenvalue weighted by molar-refractivity contribution is 0.591. The van der Waals surface area contributed by atoms with E-state index in [2.05, 4.69) is 54.2 Å². The molecule has 0 fully saturated rings. The van der Waals surface area contributed by atoms with Crippen LogP contribution in [0, 0.1) is 0 Å². The van der Waals surface area contributed by atoms with Gasteiger partial charge < -0.3 is 10.7 Å². The Kier molecular flexibility index (Phi) is 2.42. The van der Waals surface area contributed by atoms with Crippen molar-refractivity contribution in [2.75, 3.05) is 5.73 Å². The third kappa shape index (κ3) is 1.99. The third-order valence-electron chi connectivity index (χ3n) is 3.44. The van der Waals surface area contributed by atoms with Crippen LogP contribution in [0.3, 0.4) is 0 Å². The van der Waals surface area contributed by atoms with Crippen molar-refractivity contribution in [1.29, 1.82) is 0 Å². The Morgan fingerprint density at radius 1 is 1.16 bits per heavy atom. The number of H-pyrrole nitrogens is 2. The van der Waals surface area contributed by atoms with Gasteiger partial charge in [0.2, 0.25) is 0 Å². The molecule has 0 saturated heterocycles. The first-order chi connectivity index (χ1) is 8.95. The summed E-state index contributed by atoms with van der Waals surface area (Å²) in [5.74, 6) is 0.510. The van der Waals surface area contributed by atoms with Crippen molar-refractivity contribution in [3.8, 4) is 11.3 Å². The summed E-state index contributed by atoms with van der Waals surface area (Å²) in [5, 5.41) is 8.14. The number of aromatic nitrogens is 3. The van der Waals surface area contributed by atoms with Crippen LogP contribution in [0.2, 0.25) is 0 Å². The van der Waals surface area contributed by atoms with Gasteiger partial charge in [0.15, 0.2) is 0 Å². The Bertz CT molecular complexity index is 728. The normalized spacial score (nSPS) is 12.2. The van der Waals surface area contributed by atoms with Crippen LogP contribution in [0.4, 0.5) is 5.82 Å². The summed E-state index contributed by atoms with van der Waals surface area (Å²) in [6.45, 7) is 6.65. The van der Waals surface area contributed by atoms with Gasteiger partial charge in [0.05, 0.1) is 5.69 Å². The number of hydrogen-bond donors (Lipinski definition) is 3. The molecule has 3 aromatic rings. The molecular weight excluding hydrogens is 236 g/mol. The Labute approximate surface area is 112 Å². The molecule has 0 amide bonds. The van der Waals surface area contributed by atoms with Gasteiger partial charge in [0.1, 0.15) is 5.82 Å². The first-order valence-corrected chi connectivity index (χ1v) is 6.38. The number of nitrogen functional groups attached to an aromatic ring is 1. The Morgan fingerprint density at radius 2 is 1.95 bits per heavy atom. The lowest BCUT2D eigenvalue weighted by Gasteiger charge is -2.19. The molecule has 0 bridgehead atoms. The number of hydrogen-bond acceptors (Lipinski definition) is 2. The van der Waals surface area contributed by atoms with Crippen molar-refractivity contribution < 1.29 is 0 Å². The molecule has 0 aliphatic carbocycles. The van der Waals surface area contributed by atoms with Gasteiger partial charge in [0.25, 0.3) is 0 Å². The standard InChI is InChI=1S/C15H18N4/c1-15(2,3)9-4-5-12-10(6-9)11(8-17-12)13-7-14(16)19-18-13/h4-8,17H,1-3H3,(H3,16,18,19). The highest BCUT2D eigenvalue weighted by molar-refractivity contribution is 5.95. The van der Waals surface area contributed by atoms with Gasteiger partial charge in [-0.2, -0.15) is 5.10 Å².